The third-order valence-corrected chi connectivity index (χ3v) is 6.35. The highest BCUT2D eigenvalue weighted by Crippen LogP contribution is 2.32. The molecule has 2 aromatic carbocycles. The van der Waals surface area contributed by atoms with E-state index in [4.69, 9.17) is 0 Å². The minimum absolute atomic E-state index is 0.0336. The number of fused-ring (bicyclic) bond motifs is 1. The topological polar surface area (TPSA) is 106 Å². The van der Waals surface area contributed by atoms with Crippen LogP contribution in [0.3, 0.4) is 0 Å². The zero-order valence-corrected chi connectivity index (χ0v) is 19.7. The van der Waals surface area contributed by atoms with Crippen molar-refractivity contribution in [3.8, 4) is 0 Å². The van der Waals surface area contributed by atoms with Gasteiger partial charge in [0.05, 0.1) is 0 Å². The van der Waals surface area contributed by atoms with Crippen LogP contribution in [-0.2, 0) is 9.59 Å². The molecule has 1 aliphatic rings. The number of piperazine rings is 1. The molecule has 3 N–H and O–H groups in total. The summed E-state index contributed by atoms with van der Waals surface area (Å²) in [6, 6.07) is 12.2. The van der Waals surface area contributed by atoms with Crippen LogP contribution in [0.1, 0.15) is 42.7 Å². The van der Waals surface area contributed by atoms with Gasteiger partial charge in [-0.15, -0.1) is 0 Å². The third kappa shape index (κ3) is 4.82. The fraction of sp³-hybridized carbons (Fsp3) is 0.346. The second kappa shape index (κ2) is 9.69. The Morgan fingerprint density at radius 1 is 1.00 bits per heavy atom. The molecule has 0 unspecified atom stereocenters. The largest absolute Gasteiger partial charge is 0.480 e. The van der Waals surface area contributed by atoms with Gasteiger partial charge in [0.15, 0.2) is 5.78 Å². The molecule has 0 saturated carbocycles. The summed E-state index contributed by atoms with van der Waals surface area (Å²) in [7, 11) is 0. The Bertz CT molecular complexity index is 1210. The van der Waals surface area contributed by atoms with Crippen LogP contribution in [0, 0.1) is 5.92 Å². The summed E-state index contributed by atoms with van der Waals surface area (Å²) >= 11 is 0. The van der Waals surface area contributed by atoms with Gasteiger partial charge in [0.25, 0.3) is 0 Å². The summed E-state index contributed by atoms with van der Waals surface area (Å²) in [5.74, 6) is -1.11. The van der Waals surface area contributed by atoms with Gasteiger partial charge in [-0.3, -0.25) is 19.3 Å². The molecule has 0 bridgehead atoms. The van der Waals surface area contributed by atoms with E-state index in [-0.39, 0.29) is 17.6 Å². The number of hydrogen-bond donors (Lipinski definition) is 3. The van der Waals surface area contributed by atoms with Crippen molar-refractivity contribution in [1.29, 1.82) is 0 Å². The van der Waals surface area contributed by atoms with Crippen molar-refractivity contribution in [2.24, 2.45) is 5.92 Å². The maximum Gasteiger partial charge on any atom is 0.325 e. The normalized spacial score (nSPS) is 15.5. The van der Waals surface area contributed by atoms with E-state index in [1.165, 1.54) is 0 Å². The fourth-order valence-corrected chi connectivity index (χ4v) is 4.36. The first kappa shape index (κ1) is 23.5. The summed E-state index contributed by atoms with van der Waals surface area (Å²) in [5, 5.41) is 13.8. The number of H-pyrrole nitrogens is 1. The van der Waals surface area contributed by atoms with Gasteiger partial charge in [-0.05, 0) is 49.4 Å². The van der Waals surface area contributed by atoms with E-state index in [2.05, 4.69) is 15.2 Å². The number of carboxylic acid groups (broad SMARTS) is 1. The molecule has 1 aliphatic heterocycles. The number of nitrogens with one attached hydrogen (secondary N) is 2. The van der Waals surface area contributed by atoms with Crippen LogP contribution in [0.15, 0.2) is 48.7 Å². The molecule has 1 saturated heterocycles. The lowest BCUT2D eigenvalue weighted by Gasteiger charge is -2.38. The highest BCUT2D eigenvalue weighted by Gasteiger charge is 2.32. The molecule has 1 fully saturated rings. The minimum Gasteiger partial charge on any atom is -0.480 e. The molecule has 8 nitrogen and oxygen atoms in total. The SMILES string of the molecule is CC(=O)c1ccc(N2CCN([C@H](C(=O)O)c3c[nH]c4ccc(NC(=O)C(C)C)cc34)CC2)cc1. The highest BCUT2D eigenvalue weighted by molar-refractivity contribution is 5.97. The number of Topliss-reactive ketones (excluding diaryl/α,β-unsaturated/α-hetero) is 1. The summed E-state index contributed by atoms with van der Waals surface area (Å²) in [4.78, 5) is 43.4. The van der Waals surface area contributed by atoms with Crippen molar-refractivity contribution in [2.75, 3.05) is 36.4 Å². The molecule has 1 amide bonds. The van der Waals surface area contributed by atoms with Gasteiger partial charge in [-0.2, -0.15) is 0 Å². The second-order valence-electron chi connectivity index (χ2n) is 9.02. The number of rotatable bonds is 7. The van der Waals surface area contributed by atoms with Crippen LogP contribution < -0.4 is 10.2 Å². The Labute approximate surface area is 198 Å². The average molecular weight is 463 g/mol. The summed E-state index contributed by atoms with van der Waals surface area (Å²) < 4.78 is 0. The molecule has 2 heterocycles. The number of carboxylic acids is 1. The Hall–Kier alpha value is -3.65. The predicted molar refractivity (Wildman–Crippen MR) is 132 cm³/mol. The van der Waals surface area contributed by atoms with Gasteiger partial charge >= 0.3 is 5.97 Å². The number of carbonyl (C=O) groups excluding carboxylic acids is 2. The van der Waals surface area contributed by atoms with Crippen molar-refractivity contribution in [3.63, 3.8) is 0 Å². The van der Waals surface area contributed by atoms with Crippen molar-refractivity contribution in [3.05, 3.63) is 59.8 Å². The Morgan fingerprint density at radius 2 is 1.68 bits per heavy atom. The Morgan fingerprint density at radius 3 is 2.26 bits per heavy atom. The van der Waals surface area contributed by atoms with Gasteiger partial charge in [-0.25, -0.2) is 0 Å². The first-order chi connectivity index (χ1) is 16.2. The number of ketones is 1. The molecule has 3 aromatic rings. The molecule has 1 aromatic heterocycles. The molecule has 0 aliphatic carbocycles. The maximum atomic E-state index is 12.4. The standard InChI is InChI=1S/C26H30N4O4/c1-16(2)25(32)28-19-6-9-23-21(14-19)22(15-27-23)24(26(33)34)30-12-10-29(11-13-30)20-7-4-18(5-8-20)17(3)31/h4-9,14-16,24,27H,10-13H2,1-3H3,(H,28,32)(H,33,34)/t24-/m0/s1. The lowest BCUT2D eigenvalue weighted by atomic mass is 10.0. The van der Waals surface area contributed by atoms with Crippen LogP contribution in [0.5, 0.6) is 0 Å². The van der Waals surface area contributed by atoms with E-state index >= 15 is 0 Å². The first-order valence-corrected chi connectivity index (χ1v) is 11.5. The van der Waals surface area contributed by atoms with Gasteiger partial charge in [-0.1, -0.05) is 13.8 Å². The molecular formula is C26H30N4O4. The van der Waals surface area contributed by atoms with Crippen LogP contribution in [0.4, 0.5) is 11.4 Å². The van der Waals surface area contributed by atoms with Gasteiger partial charge < -0.3 is 20.3 Å². The van der Waals surface area contributed by atoms with Crippen molar-refractivity contribution in [2.45, 2.75) is 26.8 Å². The monoisotopic (exact) mass is 462 g/mol. The van der Waals surface area contributed by atoms with Crippen LogP contribution in [-0.4, -0.2) is 58.8 Å². The van der Waals surface area contributed by atoms with Crippen molar-refractivity contribution < 1.29 is 19.5 Å². The number of amides is 1. The van der Waals surface area contributed by atoms with E-state index in [0.29, 0.717) is 43.0 Å². The number of anilines is 2. The zero-order valence-electron chi connectivity index (χ0n) is 19.7. The second-order valence-corrected chi connectivity index (χ2v) is 9.02. The number of nitrogens with zero attached hydrogens (tertiary/aromatic N) is 2. The van der Waals surface area contributed by atoms with E-state index in [1.54, 1.807) is 13.1 Å². The zero-order chi connectivity index (χ0) is 24.4. The summed E-state index contributed by atoms with van der Waals surface area (Å²) in [6.45, 7) is 7.73. The van der Waals surface area contributed by atoms with Gasteiger partial charge in [0.2, 0.25) is 5.91 Å². The summed E-state index contributed by atoms with van der Waals surface area (Å²) in [5.41, 5.74) is 3.86. The fourth-order valence-electron chi connectivity index (χ4n) is 4.36. The molecule has 4 rings (SSSR count). The van der Waals surface area contributed by atoms with Crippen LogP contribution in [0.25, 0.3) is 10.9 Å². The minimum atomic E-state index is -0.906. The van der Waals surface area contributed by atoms with Crippen LogP contribution >= 0.6 is 0 Å². The van der Waals surface area contributed by atoms with Gasteiger partial charge in [0.1, 0.15) is 6.04 Å². The lowest BCUT2D eigenvalue weighted by molar-refractivity contribution is -0.143. The molecule has 178 valence electrons. The van der Waals surface area contributed by atoms with Crippen molar-refractivity contribution >= 4 is 39.9 Å². The van der Waals surface area contributed by atoms with E-state index in [0.717, 1.165) is 16.6 Å². The first-order valence-electron chi connectivity index (χ1n) is 11.5. The number of hydrogen-bond acceptors (Lipinski definition) is 5. The number of benzene rings is 2. The summed E-state index contributed by atoms with van der Waals surface area (Å²) in [6.07, 6.45) is 1.75. The maximum absolute atomic E-state index is 12.4. The average Bonchev–Trinajstić information content (AvgIpc) is 3.22. The van der Waals surface area contributed by atoms with E-state index in [1.807, 2.05) is 61.2 Å². The number of aromatic nitrogens is 1. The Balaban J connectivity index is 1.53. The lowest BCUT2D eigenvalue weighted by Crippen LogP contribution is -2.49. The molecule has 8 heteroatoms. The third-order valence-electron chi connectivity index (χ3n) is 6.35. The quantitative estimate of drug-likeness (QED) is 0.460. The number of aliphatic carboxylic acids is 1. The highest BCUT2D eigenvalue weighted by atomic mass is 16.4. The van der Waals surface area contributed by atoms with Crippen LogP contribution in [0.2, 0.25) is 0 Å². The molecular weight excluding hydrogens is 432 g/mol. The predicted octanol–water partition coefficient (Wildman–Crippen LogP) is 3.91. The molecule has 0 spiro atoms. The van der Waals surface area contributed by atoms with E-state index < -0.39 is 12.0 Å². The molecule has 34 heavy (non-hydrogen) atoms. The van der Waals surface area contributed by atoms with E-state index in [9.17, 15) is 19.5 Å². The van der Waals surface area contributed by atoms with Crippen molar-refractivity contribution in [1.82, 2.24) is 9.88 Å². The molecule has 1 atom stereocenters. The number of aromatic amines is 1. The number of carbonyl (C=O) groups is 3. The Kier molecular flexibility index (Phi) is 6.70. The molecule has 0 radical (unpaired) electrons. The van der Waals surface area contributed by atoms with Gasteiger partial charge in [0, 0.05) is 71.7 Å². The smallest absolute Gasteiger partial charge is 0.325 e.